The monoisotopic (exact) mass is 493 g/mol. The maximum Gasteiger partial charge on any atom is 0.277 e. The first-order valence-corrected chi connectivity index (χ1v) is 13.1. The molecule has 1 aliphatic heterocycles. The number of thiophene rings is 1. The molecule has 0 atom stereocenters. The Bertz CT molecular complexity index is 1330. The Kier molecular flexibility index (Phi) is 6.05. The molecule has 1 aliphatic rings. The van der Waals surface area contributed by atoms with Crippen LogP contribution in [0.25, 0.3) is 10.6 Å². The third kappa shape index (κ3) is 3.91. The van der Waals surface area contributed by atoms with Gasteiger partial charge in [-0.1, -0.05) is 6.07 Å². The zero-order chi connectivity index (χ0) is 23.2. The average molecular weight is 494 g/mol. The van der Waals surface area contributed by atoms with Crippen LogP contribution in [0.4, 0.5) is 0 Å². The van der Waals surface area contributed by atoms with Crippen molar-refractivity contribution in [1.82, 2.24) is 24.0 Å². The average Bonchev–Trinajstić information content (AvgIpc) is 3.43. The van der Waals surface area contributed by atoms with E-state index in [-0.39, 0.29) is 24.6 Å². The fourth-order valence-electron chi connectivity index (χ4n) is 3.61. The highest BCUT2D eigenvalue weighted by atomic mass is 32.2. The summed E-state index contributed by atoms with van der Waals surface area (Å²) in [5.74, 6) is -0.195. The molecule has 12 heteroatoms. The number of carbonyl (C=O) groups is 1. The van der Waals surface area contributed by atoms with Crippen molar-refractivity contribution in [3.63, 3.8) is 0 Å². The molecule has 0 bridgehead atoms. The van der Waals surface area contributed by atoms with E-state index in [0.717, 1.165) is 11.3 Å². The Hall–Kier alpha value is -2.41. The van der Waals surface area contributed by atoms with Gasteiger partial charge in [-0.15, -0.1) is 22.7 Å². The van der Waals surface area contributed by atoms with Crippen molar-refractivity contribution in [2.75, 3.05) is 26.2 Å². The quantitative estimate of drug-likeness (QED) is 0.551. The van der Waals surface area contributed by atoms with E-state index in [1.807, 2.05) is 13.8 Å². The van der Waals surface area contributed by atoms with E-state index in [1.54, 1.807) is 36.4 Å². The van der Waals surface area contributed by atoms with Crippen LogP contribution in [-0.4, -0.2) is 64.5 Å². The van der Waals surface area contributed by atoms with Crippen molar-refractivity contribution in [2.24, 2.45) is 7.05 Å². The van der Waals surface area contributed by atoms with E-state index in [1.165, 1.54) is 31.7 Å². The van der Waals surface area contributed by atoms with Crippen LogP contribution in [0.2, 0.25) is 0 Å². The van der Waals surface area contributed by atoms with Crippen LogP contribution in [0, 0.1) is 20.8 Å². The lowest BCUT2D eigenvalue weighted by Gasteiger charge is -2.33. The van der Waals surface area contributed by atoms with Crippen molar-refractivity contribution in [2.45, 2.75) is 25.0 Å². The molecule has 32 heavy (non-hydrogen) atoms. The van der Waals surface area contributed by atoms with Gasteiger partial charge in [-0.25, -0.2) is 18.1 Å². The lowest BCUT2D eigenvalue weighted by molar-refractivity contribution is 0.0702. The molecule has 1 saturated heterocycles. The molecule has 1 amide bonds. The summed E-state index contributed by atoms with van der Waals surface area (Å²) in [7, 11) is -1.94. The molecule has 3 aromatic heterocycles. The zero-order valence-corrected chi connectivity index (χ0v) is 20.6. The molecule has 0 unspecified atom stereocenters. The molecule has 9 nitrogen and oxygen atoms in total. The van der Waals surface area contributed by atoms with E-state index >= 15 is 0 Å². The third-order valence-corrected chi connectivity index (χ3v) is 9.98. The van der Waals surface area contributed by atoms with Crippen LogP contribution >= 0.6 is 22.7 Å². The van der Waals surface area contributed by atoms with E-state index in [9.17, 15) is 18.0 Å². The van der Waals surface area contributed by atoms with Crippen LogP contribution in [-0.2, 0) is 17.1 Å². The molecule has 0 N–H and O–H groups in total. The predicted molar refractivity (Wildman–Crippen MR) is 124 cm³/mol. The van der Waals surface area contributed by atoms with Gasteiger partial charge in [-0.3, -0.25) is 9.59 Å². The summed E-state index contributed by atoms with van der Waals surface area (Å²) in [4.78, 5) is 32.5. The first-order chi connectivity index (χ1) is 15.1. The number of hydrogen-bond donors (Lipinski definition) is 0. The van der Waals surface area contributed by atoms with Crippen LogP contribution in [0.3, 0.4) is 0 Å². The summed E-state index contributed by atoms with van der Waals surface area (Å²) in [6, 6.07) is 3.30. The number of aromatic nitrogens is 3. The third-order valence-electron chi connectivity index (χ3n) is 5.55. The minimum atomic E-state index is -3.53. The fourth-order valence-corrected chi connectivity index (χ4v) is 7.31. The Balaban J connectivity index is 1.55. The number of sulfonamides is 1. The van der Waals surface area contributed by atoms with Gasteiger partial charge in [0.25, 0.3) is 21.5 Å². The van der Waals surface area contributed by atoms with E-state index in [2.05, 4.69) is 10.1 Å². The second-order valence-corrected chi connectivity index (χ2v) is 11.7. The van der Waals surface area contributed by atoms with E-state index in [4.69, 9.17) is 0 Å². The Morgan fingerprint density at radius 1 is 1.09 bits per heavy atom. The molecular formula is C20H23N5O4S3. The van der Waals surface area contributed by atoms with E-state index < -0.39 is 10.0 Å². The summed E-state index contributed by atoms with van der Waals surface area (Å²) < 4.78 is 28.4. The van der Waals surface area contributed by atoms with Crippen LogP contribution < -0.4 is 5.56 Å². The summed E-state index contributed by atoms with van der Waals surface area (Å²) in [6.45, 7) is 6.47. The minimum absolute atomic E-state index is 0.195. The number of amides is 1. The van der Waals surface area contributed by atoms with E-state index in [0.29, 0.717) is 38.4 Å². The largest absolute Gasteiger partial charge is 0.335 e. The molecule has 4 rings (SSSR count). The molecule has 170 valence electrons. The highest BCUT2D eigenvalue weighted by molar-refractivity contribution is 7.91. The van der Waals surface area contributed by atoms with Gasteiger partial charge in [-0.2, -0.15) is 9.40 Å². The normalized spacial score (nSPS) is 15.3. The van der Waals surface area contributed by atoms with Gasteiger partial charge in [0, 0.05) is 33.2 Å². The van der Waals surface area contributed by atoms with Crippen LogP contribution in [0.15, 0.2) is 26.5 Å². The summed E-state index contributed by atoms with van der Waals surface area (Å²) in [5.41, 5.74) is 2.23. The Labute approximate surface area is 194 Å². The number of aryl methyl sites for hydroxylation is 3. The minimum Gasteiger partial charge on any atom is -0.335 e. The van der Waals surface area contributed by atoms with Gasteiger partial charge in [-0.05, 0) is 37.8 Å². The summed E-state index contributed by atoms with van der Waals surface area (Å²) in [6.07, 6.45) is 0. The standard InChI is InChI=1S/C20H23N5O4S3/c1-12-13(2)22-23(4)19(26)16(12)18-21-14(3)17(31-18)20(27)24-7-9-25(10-8-24)32(28,29)15-6-5-11-30-15/h5-6,11H,7-10H2,1-4H3. The number of thiazole rings is 1. The van der Waals surface area contributed by atoms with Gasteiger partial charge in [0.15, 0.2) is 0 Å². The first-order valence-electron chi connectivity index (χ1n) is 9.96. The van der Waals surface area contributed by atoms with Crippen molar-refractivity contribution < 1.29 is 13.2 Å². The molecule has 0 radical (unpaired) electrons. The molecule has 3 aromatic rings. The Morgan fingerprint density at radius 3 is 2.41 bits per heavy atom. The van der Waals surface area contributed by atoms with Crippen molar-refractivity contribution in [3.05, 3.63) is 49.7 Å². The summed E-state index contributed by atoms with van der Waals surface area (Å²) in [5, 5.41) is 6.42. The Morgan fingerprint density at radius 2 is 1.78 bits per heavy atom. The number of rotatable bonds is 4. The van der Waals surface area contributed by atoms with Gasteiger partial charge in [0.1, 0.15) is 14.1 Å². The van der Waals surface area contributed by atoms with Crippen molar-refractivity contribution >= 4 is 38.6 Å². The zero-order valence-electron chi connectivity index (χ0n) is 18.2. The van der Waals surface area contributed by atoms with Crippen molar-refractivity contribution in [3.8, 4) is 10.6 Å². The molecule has 4 heterocycles. The fraction of sp³-hybridized carbons (Fsp3) is 0.400. The second kappa shape index (κ2) is 8.50. The highest BCUT2D eigenvalue weighted by Crippen LogP contribution is 2.30. The van der Waals surface area contributed by atoms with Gasteiger partial charge in [0.05, 0.1) is 17.0 Å². The van der Waals surface area contributed by atoms with Gasteiger partial charge >= 0.3 is 0 Å². The maximum atomic E-state index is 13.2. The lowest BCUT2D eigenvalue weighted by atomic mass is 10.1. The number of piperazine rings is 1. The maximum absolute atomic E-state index is 13.2. The second-order valence-electron chi connectivity index (χ2n) is 7.58. The summed E-state index contributed by atoms with van der Waals surface area (Å²) >= 11 is 2.38. The van der Waals surface area contributed by atoms with Gasteiger partial charge in [0.2, 0.25) is 0 Å². The molecule has 1 fully saturated rings. The molecule has 0 aromatic carbocycles. The lowest BCUT2D eigenvalue weighted by Crippen LogP contribution is -2.50. The van der Waals surface area contributed by atoms with Gasteiger partial charge < -0.3 is 4.90 Å². The number of carbonyl (C=O) groups excluding carboxylic acids is 1. The number of nitrogens with zero attached hydrogens (tertiary/aromatic N) is 5. The topological polar surface area (TPSA) is 105 Å². The molecule has 0 aliphatic carbocycles. The van der Waals surface area contributed by atoms with Crippen LogP contribution in [0.1, 0.15) is 26.6 Å². The molecule has 0 spiro atoms. The smallest absolute Gasteiger partial charge is 0.277 e. The predicted octanol–water partition coefficient (Wildman–Crippen LogP) is 2.04. The number of hydrogen-bond acceptors (Lipinski definition) is 8. The van der Waals surface area contributed by atoms with Crippen LogP contribution in [0.5, 0.6) is 0 Å². The highest BCUT2D eigenvalue weighted by Gasteiger charge is 2.32. The SMILES string of the molecule is Cc1nc(-c2c(C)c(C)nn(C)c2=O)sc1C(=O)N1CCN(S(=O)(=O)c2cccs2)CC1. The van der Waals surface area contributed by atoms with Crippen molar-refractivity contribution in [1.29, 1.82) is 0 Å². The molecular weight excluding hydrogens is 470 g/mol. The molecule has 0 saturated carbocycles. The first kappa shape index (κ1) is 22.8.